The number of benzene rings is 1. The molecule has 0 radical (unpaired) electrons. The number of aromatic nitrogens is 5. The fraction of sp³-hybridized carbons (Fsp3) is 0. The second-order valence-electron chi connectivity index (χ2n) is 5.94. The molecule has 13 heteroatoms. The van der Waals surface area contributed by atoms with Crippen LogP contribution in [0.25, 0.3) is 11.0 Å². The number of anilines is 1. The summed E-state index contributed by atoms with van der Waals surface area (Å²) in [4.78, 5) is 23.0. The summed E-state index contributed by atoms with van der Waals surface area (Å²) in [6, 6.07) is 4.79. The van der Waals surface area contributed by atoms with Crippen LogP contribution in [0, 0.1) is 23.0 Å². The van der Waals surface area contributed by atoms with E-state index in [1.54, 1.807) is 0 Å². The molecular formula is C17H9F2N7O3S. The van der Waals surface area contributed by atoms with Gasteiger partial charge in [0.2, 0.25) is 5.78 Å². The molecule has 0 atom stereocenters. The number of carbonyl (C=O) groups excluding carboxylic acids is 1. The number of nitrogens with zero attached hydrogens (tertiary/aromatic N) is 4. The molecule has 0 aliphatic rings. The third-order valence-corrected chi connectivity index (χ3v) is 5.31. The molecule has 3 heterocycles. The number of nitrogens with one attached hydrogen (secondary N) is 3. The number of aromatic amines is 2. The minimum absolute atomic E-state index is 0.136. The SMILES string of the molecule is N#Cc1cnc2[nH]cc(C(=O)c3c(F)ccc(NS(=O)(=O)c4ncn[nH]4)c3F)c2c1. The molecule has 0 fully saturated rings. The molecule has 0 spiro atoms. The van der Waals surface area contributed by atoms with Crippen molar-refractivity contribution >= 4 is 32.5 Å². The minimum Gasteiger partial charge on any atom is -0.345 e. The predicted octanol–water partition coefficient (Wildman–Crippen LogP) is 1.86. The van der Waals surface area contributed by atoms with Crippen molar-refractivity contribution in [1.29, 1.82) is 5.26 Å². The van der Waals surface area contributed by atoms with Crippen molar-refractivity contribution < 1.29 is 22.0 Å². The Morgan fingerprint density at radius 3 is 2.73 bits per heavy atom. The number of fused-ring (bicyclic) bond motifs is 1. The lowest BCUT2D eigenvalue weighted by Crippen LogP contribution is -2.17. The van der Waals surface area contributed by atoms with Gasteiger partial charge in [0.25, 0.3) is 15.2 Å². The van der Waals surface area contributed by atoms with Crippen molar-refractivity contribution in [3.05, 3.63) is 65.2 Å². The Hall–Kier alpha value is -4.18. The largest absolute Gasteiger partial charge is 0.345 e. The van der Waals surface area contributed by atoms with Gasteiger partial charge in [0.15, 0.2) is 5.82 Å². The lowest BCUT2D eigenvalue weighted by Gasteiger charge is -2.10. The molecule has 0 saturated heterocycles. The number of ketones is 1. The summed E-state index contributed by atoms with van der Waals surface area (Å²) >= 11 is 0. The van der Waals surface area contributed by atoms with E-state index in [-0.39, 0.29) is 22.2 Å². The maximum atomic E-state index is 15.0. The van der Waals surface area contributed by atoms with E-state index in [1.807, 2.05) is 10.8 Å². The second-order valence-corrected chi connectivity index (χ2v) is 7.54. The topological polar surface area (TPSA) is 157 Å². The highest BCUT2D eigenvalue weighted by Crippen LogP contribution is 2.28. The Labute approximate surface area is 166 Å². The van der Waals surface area contributed by atoms with Crippen LogP contribution in [-0.4, -0.2) is 39.4 Å². The molecule has 0 bridgehead atoms. The third-order valence-electron chi connectivity index (χ3n) is 4.11. The number of hydrogen-bond donors (Lipinski definition) is 3. The van der Waals surface area contributed by atoms with E-state index in [0.29, 0.717) is 0 Å². The van der Waals surface area contributed by atoms with Crippen LogP contribution in [0.2, 0.25) is 0 Å². The Balaban J connectivity index is 1.79. The van der Waals surface area contributed by atoms with Gasteiger partial charge in [0, 0.05) is 23.3 Å². The van der Waals surface area contributed by atoms with Crippen molar-refractivity contribution in [2.45, 2.75) is 5.16 Å². The molecule has 3 aromatic heterocycles. The van der Waals surface area contributed by atoms with Crippen LogP contribution in [-0.2, 0) is 10.0 Å². The maximum absolute atomic E-state index is 15.0. The van der Waals surface area contributed by atoms with Gasteiger partial charge in [-0.2, -0.15) is 18.8 Å². The van der Waals surface area contributed by atoms with Crippen molar-refractivity contribution in [2.75, 3.05) is 4.72 Å². The zero-order valence-electron chi connectivity index (χ0n) is 14.6. The molecule has 150 valence electrons. The van der Waals surface area contributed by atoms with Crippen LogP contribution in [0.3, 0.4) is 0 Å². The van der Waals surface area contributed by atoms with Gasteiger partial charge in [0.1, 0.15) is 23.9 Å². The van der Waals surface area contributed by atoms with Gasteiger partial charge in [-0.05, 0) is 18.2 Å². The highest BCUT2D eigenvalue weighted by atomic mass is 32.2. The van der Waals surface area contributed by atoms with E-state index in [9.17, 15) is 22.0 Å². The molecule has 4 aromatic rings. The Kier molecular flexibility index (Phi) is 4.47. The molecule has 10 nitrogen and oxygen atoms in total. The van der Waals surface area contributed by atoms with Crippen LogP contribution in [0.15, 0.2) is 42.1 Å². The van der Waals surface area contributed by atoms with Gasteiger partial charge in [-0.3, -0.25) is 9.52 Å². The first-order chi connectivity index (χ1) is 14.3. The summed E-state index contributed by atoms with van der Waals surface area (Å²) in [6.45, 7) is 0. The molecule has 1 aromatic carbocycles. The molecule has 0 unspecified atom stereocenters. The van der Waals surface area contributed by atoms with Crippen molar-refractivity contribution in [3.63, 3.8) is 0 Å². The summed E-state index contributed by atoms with van der Waals surface area (Å²) in [5, 5.41) is 14.1. The molecule has 0 amide bonds. The molecule has 0 saturated carbocycles. The van der Waals surface area contributed by atoms with Gasteiger partial charge in [-0.25, -0.2) is 23.8 Å². The maximum Gasteiger partial charge on any atom is 0.297 e. The summed E-state index contributed by atoms with van der Waals surface area (Å²) in [6.07, 6.45) is 3.41. The van der Waals surface area contributed by atoms with Crippen molar-refractivity contribution in [3.8, 4) is 6.07 Å². The lowest BCUT2D eigenvalue weighted by molar-refractivity contribution is 0.103. The number of halogens is 2. The van der Waals surface area contributed by atoms with Gasteiger partial charge in [0.05, 0.1) is 16.8 Å². The smallest absolute Gasteiger partial charge is 0.297 e. The van der Waals surface area contributed by atoms with E-state index in [2.05, 4.69) is 25.1 Å². The fourth-order valence-electron chi connectivity index (χ4n) is 2.74. The van der Waals surface area contributed by atoms with Crippen molar-refractivity contribution in [1.82, 2.24) is 25.1 Å². The highest BCUT2D eigenvalue weighted by Gasteiger charge is 2.27. The summed E-state index contributed by atoms with van der Waals surface area (Å²) in [7, 11) is -4.35. The number of sulfonamides is 1. The van der Waals surface area contributed by atoms with E-state index in [0.717, 1.165) is 18.5 Å². The highest BCUT2D eigenvalue weighted by molar-refractivity contribution is 7.92. The van der Waals surface area contributed by atoms with Crippen LogP contribution >= 0.6 is 0 Å². The molecule has 4 rings (SSSR count). The Morgan fingerprint density at radius 2 is 2.03 bits per heavy atom. The molecular weight excluding hydrogens is 420 g/mol. The predicted molar refractivity (Wildman–Crippen MR) is 97.8 cm³/mol. The Bertz CT molecular complexity index is 1440. The van der Waals surface area contributed by atoms with Crippen molar-refractivity contribution in [2.24, 2.45) is 0 Å². The zero-order valence-corrected chi connectivity index (χ0v) is 15.5. The van der Waals surface area contributed by atoms with E-state index >= 15 is 0 Å². The number of H-pyrrole nitrogens is 2. The first-order valence-electron chi connectivity index (χ1n) is 8.10. The lowest BCUT2D eigenvalue weighted by atomic mass is 10.0. The average Bonchev–Trinajstić information content (AvgIpc) is 3.40. The van der Waals surface area contributed by atoms with E-state index in [4.69, 9.17) is 5.26 Å². The second kappa shape index (κ2) is 7.01. The van der Waals surface area contributed by atoms with Crippen LogP contribution in [0.1, 0.15) is 21.5 Å². The third kappa shape index (κ3) is 3.14. The van der Waals surface area contributed by atoms with Crippen LogP contribution < -0.4 is 4.72 Å². The number of nitriles is 1. The van der Waals surface area contributed by atoms with Gasteiger partial charge in [-0.1, -0.05) is 0 Å². The fourth-order valence-corrected chi connectivity index (χ4v) is 3.65. The monoisotopic (exact) mass is 429 g/mol. The number of hydrogen-bond acceptors (Lipinski definition) is 7. The van der Waals surface area contributed by atoms with Crippen LogP contribution in [0.5, 0.6) is 0 Å². The molecule has 0 aliphatic carbocycles. The normalized spacial score (nSPS) is 11.4. The number of carbonyl (C=O) groups is 1. The minimum atomic E-state index is -4.35. The summed E-state index contributed by atoms with van der Waals surface area (Å²) in [5.41, 5.74) is -1.39. The molecule has 0 aliphatic heterocycles. The first-order valence-corrected chi connectivity index (χ1v) is 9.58. The summed E-state index contributed by atoms with van der Waals surface area (Å²) < 4.78 is 55.7. The van der Waals surface area contributed by atoms with Gasteiger partial charge in [-0.15, -0.1) is 0 Å². The Morgan fingerprint density at radius 1 is 1.23 bits per heavy atom. The van der Waals surface area contributed by atoms with E-state index < -0.39 is 43.8 Å². The number of rotatable bonds is 5. The molecule has 30 heavy (non-hydrogen) atoms. The molecule has 3 N–H and O–H groups in total. The van der Waals surface area contributed by atoms with Gasteiger partial charge < -0.3 is 4.98 Å². The van der Waals surface area contributed by atoms with Crippen LogP contribution in [0.4, 0.5) is 14.5 Å². The quantitative estimate of drug-likeness (QED) is 0.409. The standard InChI is InChI=1S/C17H9F2N7O3S/c18-11-1-2-12(26-30(28,29)17-23-7-24-25-17)14(19)13(11)15(27)10-6-22-16-9(10)3-8(4-20)5-21-16/h1-3,5-7,26H,(H,21,22)(H,23,24,25). The van der Waals surface area contributed by atoms with E-state index in [1.165, 1.54) is 18.5 Å². The van der Waals surface area contributed by atoms with Gasteiger partial charge >= 0.3 is 0 Å². The average molecular weight is 429 g/mol. The zero-order chi connectivity index (χ0) is 21.5. The first kappa shape index (κ1) is 19.2. The summed E-state index contributed by atoms with van der Waals surface area (Å²) in [5.74, 6) is -3.67. The number of pyridine rings is 1.